The minimum Gasteiger partial charge on any atom is -0.493 e. The Labute approximate surface area is 122 Å². The average Bonchev–Trinajstić information content (AvgIpc) is 2.46. The van der Waals surface area contributed by atoms with E-state index in [1.54, 1.807) is 6.07 Å². The number of thioether (sulfide) groups is 1. The van der Waals surface area contributed by atoms with Crippen LogP contribution in [0.1, 0.15) is 18.6 Å². The first kappa shape index (κ1) is 14.9. The van der Waals surface area contributed by atoms with Crippen molar-refractivity contribution in [1.29, 1.82) is 0 Å². The van der Waals surface area contributed by atoms with Crippen LogP contribution in [0.3, 0.4) is 0 Å². The number of hydrogen-bond acceptors (Lipinski definition) is 3. The zero-order chi connectivity index (χ0) is 14.4. The van der Waals surface area contributed by atoms with Gasteiger partial charge in [-0.05, 0) is 31.2 Å². The van der Waals surface area contributed by atoms with E-state index in [2.05, 4.69) is 0 Å². The van der Waals surface area contributed by atoms with Crippen molar-refractivity contribution >= 4 is 11.8 Å². The Hall–Kier alpha value is -1.52. The van der Waals surface area contributed by atoms with Gasteiger partial charge in [0.2, 0.25) is 0 Å². The van der Waals surface area contributed by atoms with E-state index in [1.807, 2.05) is 37.3 Å². The quantitative estimate of drug-likeness (QED) is 0.814. The Bertz CT molecular complexity index is 560. The molecule has 2 nitrogen and oxygen atoms in total. The highest BCUT2D eigenvalue weighted by Crippen LogP contribution is 2.30. The molecule has 4 heteroatoms. The highest BCUT2D eigenvalue weighted by atomic mass is 32.2. The molecule has 2 aromatic carbocycles. The third-order valence-corrected chi connectivity index (χ3v) is 3.85. The lowest BCUT2D eigenvalue weighted by Crippen LogP contribution is -2.04. The number of hydrogen-bond donors (Lipinski definition) is 1. The third-order valence-electron chi connectivity index (χ3n) is 2.78. The fraction of sp³-hybridized carbons (Fsp3) is 0.250. The summed E-state index contributed by atoms with van der Waals surface area (Å²) < 4.78 is 18.6. The van der Waals surface area contributed by atoms with Crippen LogP contribution in [0.15, 0.2) is 53.4 Å². The summed E-state index contributed by atoms with van der Waals surface area (Å²) >= 11 is 1.42. The van der Waals surface area contributed by atoms with Crippen LogP contribution in [-0.2, 0) is 0 Å². The zero-order valence-electron chi connectivity index (χ0n) is 11.3. The summed E-state index contributed by atoms with van der Waals surface area (Å²) in [6, 6.07) is 13.8. The summed E-state index contributed by atoms with van der Waals surface area (Å²) in [5.74, 6) is 0.884. The van der Waals surface area contributed by atoms with E-state index in [1.165, 1.54) is 23.9 Å². The maximum atomic E-state index is 13.1. The van der Waals surface area contributed by atoms with Gasteiger partial charge in [0.25, 0.3) is 0 Å². The lowest BCUT2D eigenvalue weighted by molar-refractivity contribution is 0.196. The van der Waals surface area contributed by atoms with Crippen molar-refractivity contribution < 1.29 is 14.2 Å². The molecule has 20 heavy (non-hydrogen) atoms. The summed E-state index contributed by atoms with van der Waals surface area (Å²) in [5.41, 5.74) is 0.762. The smallest absolute Gasteiger partial charge is 0.125 e. The molecule has 1 unspecified atom stereocenters. The highest BCUT2D eigenvalue weighted by Gasteiger charge is 2.13. The molecule has 0 saturated carbocycles. The molecule has 1 N–H and O–H groups in total. The van der Waals surface area contributed by atoms with Gasteiger partial charge < -0.3 is 9.84 Å². The van der Waals surface area contributed by atoms with E-state index in [9.17, 15) is 9.50 Å². The van der Waals surface area contributed by atoms with Crippen LogP contribution in [0.5, 0.6) is 5.75 Å². The van der Waals surface area contributed by atoms with E-state index < -0.39 is 6.10 Å². The molecule has 0 heterocycles. The zero-order valence-corrected chi connectivity index (χ0v) is 12.1. The molecule has 0 fully saturated rings. The fourth-order valence-corrected chi connectivity index (χ4v) is 2.77. The van der Waals surface area contributed by atoms with Gasteiger partial charge in [0.15, 0.2) is 0 Å². The summed E-state index contributed by atoms with van der Waals surface area (Å²) in [4.78, 5) is 0.804. The highest BCUT2D eigenvalue weighted by molar-refractivity contribution is 7.99. The van der Waals surface area contributed by atoms with Gasteiger partial charge in [-0.1, -0.05) is 24.3 Å². The van der Waals surface area contributed by atoms with Crippen molar-refractivity contribution in [2.75, 3.05) is 12.4 Å². The first-order chi connectivity index (χ1) is 9.70. The summed E-state index contributed by atoms with van der Waals surface area (Å²) in [6.45, 7) is 2.46. The molecule has 0 radical (unpaired) electrons. The van der Waals surface area contributed by atoms with Gasteiger partial charge in [-0.3, -0.25) is 0 Å². The minimum atomic E-state index is -0.647. The van der Waals surface area contributed by atoms with Gasteiger partial charge in [0, 0.05) is 16.2 Å². The second-order valence-electron chi connectivity index (χ2n) is 4.26. The topological polar surface area (TPSA) is 29.5 Å². The Balaban J connectivity index is 2.03. The van der Waals surface area contributed by atoms with Crippen LogP contribution in [0.25, 0.3) is 0 Å². The van der Waals surface area contributed by atoms with Crippen molar-refractivity contribution in [3.8, 4) is 5.75 Å². The summed E-state index contributed by atoms with van der Waals surface area (Å²) in [6.07, 6.45) is -0.647. The van der Waals surface area contributed by atoms with Gasteiger partial charge >= 0.3 is 0 Å². The van der Waals surface area contributed by atoms with E-state index in [-0.39, 0.29) is 5.82 Å². The Kier molecular flexibility index (Phi) is 5.44. The first-order valence-electron chi connectivity index (χ1n) is 6.49. The molecule has 0 amide bonds. The van der Waals surface area contributed by atoms with Gasteiger partial charge in [0.05, 0.1) is 12.7 Å². The van der Waals surface area contributed by atoms with Crippen molar-refractivity contribution in [3.63, 3.8) is 0 Å². The summed E-state index contributed by atoms with van der Waals surface area (Å²) in [5, 5.41) is 10.3. The Morgan fingerprint density at radius 1 is 1.20 bits per heavy atom. The van der Waals surface area contributed by atoms with Crippen molar-refractivity contribution in [1.82, 2.24) is 0 Å². The SMILES string of the molecule is CCOc1ccccc1C(O)CSc1cccc(F)c1. The third kappa shape index (κ3) is 3.99. The largest absolute Gasteiger partial charge is 0.493 e. The van der Waals surface area contributed by atoms with Gasteiger partial charge in [0.1, 0.15) is 11.6 Å². The van der Waals surface area contributed by atoms with E-state index in [4.69, 9.17) is 4.74 Å². The number of rotatable bonds is 6. The maximum absolute atomic E-state index is 13.1. The predicted molar refractivity (Wildman–Crippen MR) is 79.7 cm³/mol. The molecule has 0 aromatic heterocycles. The molecule has 1 atom stereocenters. The summed E-state index contributed by atoms with van der Waals surface area (Å²) in [7, 11) is 0. The molecule has 2 aromatic rings. The van der Waals surface area contributed by atoms with Crippen LogP contribution >= 0.6 is 11.8 Å². The molecule has 0 aliphatic heterocycles. The molecular formula is C16H17FO2S. The molecule has 0 bridgehead atoms. The van der Waals surface area contributed by atoms with Gasteiger partial charge in [-0.25, -0.2) is 4.39 Å². The lowest BCUT2D eigenvalue weighted by Gasteiger charge is -2.15. The van der Waals surface area contributed by atoms with Crippen molar-refractivity contribution in [2.45, 2.75) is 17.9 Å². The average molecular weight is 292 g/mol. The number of para-hydroxylation sites is 1. The fourth-order valence-electron chi connectivity index (χ4n) is 1.86. The molecular weight excluding hydrogens is 275 g/mol. The predicted octanol–water partition coefficient (Wildman–Crippen LogP) is 4.05. The Morgan fingerprint density at radius 3 is 2.75 bits per heavy atom. The van der Waals surface area contributed by atoms with Crippen LogP contribution < -0.4 is 4.74 Å². The molecule has 0 spiro atoms. The minimum absolute atomic E-state index is 0.265. The number of halogens is 1. The van der Waals surface area contributed by atoms with Crippen LogP contribution in [0, 0.1) is 5.82 Å². The Morgan fingerprint density at radius 2 is 2.00 bits per heavy atom. The lowest BCUT2D eigenvalue weighted by atomic mass is 10.1. The van der Waals surface area contributed by atoms with E-state index >= 15 is 0 Å². The van der Waals surface area contributed by atoms with Gasteiger partial charge in [-0.2, -0.15) is 0 Å². The monoisotopic (exact) mass is 292 g/mol. The first-order valence-corrected chi connectivity index (χ1v) is 7.47. The number of aliphatic hydroxyl groups is 1. The number of ether oxygens (including phenoxy) is 1. The normalized spacial score (nSPS) is 12.2. The van der Waals surface area contributed by atoms with E-state index in [0.717, 1.165) is 10.5 Å². The van der Waals surface area contributed by atoms with Crippen LogP contribution in [0.2, 0.25) is 0 Å². The second kappa shape index (κ2) is 7.31. The number of aliphatic hydroxyl groups excluding tert-OH is 1. The molecule has 0 aliphatic rings. The van der Waals surface area contributed by atoms with Gasteiger partial charge in [-0.15, -0.1) is 11.8 Å². The van der Waals surface area contributed by atoms with Crippen molar-refractivity contribution in [2.24, 2.45) is 0 Å². The maximum Gasteiger partial charge on any atom is 0.125 e. The van der Waals surface area contributed by atoms with E-state index in [0.29, 0.717) is 18.1 Å². The second-order valence-corrected chi connectivity index (χ2v) is 5.35. The number of benzene rings is 2. The standard InChI is InChI=1S/C16H17FO2S/c1-2-19-16-9-4-3-8-14(16)15(18)11-20-13-7-5-6-12(17)10-13/h3-10,15,18H,2,11H2,1H3. The molecule has 0 saturated heterocycles. The molecule has 2 rings (SSSR count). The van der Waals surface area contributed by atoms with Crippen LogP contribution in [-0.4, -0.2) is 17.5 Å². The van der Waals surface area contributed by atoms with Crippen molar-refractivity contribution in [3.05, 3.63) is 59.9 Å². The molecule has 106 valence electrons. The van der Waals surface area contributed by atoms with Crippen LogP contribution in [0.4, 0.5) is 4.39 Å². The molecule has 0 aliphatic carbocycles.